The third kappa shape index (κ3) is 11.4. The Labute approximate surface area is 110 Å². The molecule has 0 aromatic carbocycles. The number of alkyl halides is 2. The molecule has 1 unspecified atom stereocenters. The average Bonchev–Trinajstić information content (AvgIpc) is 2.33. The molecule has 0 aliphatic carbocycles. The van der Waals surface area contributed by atoms with Gasteiger partial charge in [0.1, 0.15) is 6.61 Å². The van der Waals surface area contributed by atoms with Gasteiger partial charge < -0.3 is 20.5 Å². The van der Waals surface area contributed by atoms with E-state index in [1.807, 2.05) is 6.92 Å². The quantitative estimate of drug-likeness (QED) is 0.523. The van der Waals surface area contributed by atoms with Gasteiger partial charge in [0.15, 0.2) is 0 Å². The maximum absolute atomic E-state index is 11.7. The predicted molar refractivity (Wildman–Crippen MR) is 64.3 cm³/mol. The molecule has 0 saturated carbocycles. The van der Waals surface area contributed by atoms with Crippen LogP contribution in [-0.2, 0) is 9.53 Å². The van der Waals surface area contributed by atoms with Crippen molar-refractivity contribution in [2.24, 2.45) is 5.92 Å². The SMILES string of the molecule is CCC(CNC(=O)NCCOCC(F)F)CC(=O)O. The van der Waals surface area contributed by atoms with Gasteiger partial charge in [-0.25, -0.2) is 13.6 Å². The topological polar surface area (TPSA) is 87.7 Å². The molecule has 3 N–H and O–H groups in total. The average molecular weight is 282 g/mol. The van der Waals surface area contributed by atoms with E-state index in [0.717, 1.165) is 0 Å². The molecule has 1 atom stereocenters. The molecule has 0 aliphatic heterocycles. The van der Waals surface area contributed by atoms with E-state index in [-0.39, 0.29) is 32.0 Å². The van der Waals surface area contributed by atoms with Crippen LogP contribution in [0.15, 0.2) is 0 Å². The highest BCUT2D eigenvalue weighted by Gasteiger charge is 2.12. The molecular weight excluding hydrogens is 262 g/mol. The van der Waals surface area contributed by atoms with E-state index in [4.69, 9.17) is 5.11 Å². The van der Waals surface area contributed by atoms with Crippen LogP contribution in [0.5, 0.6) is 0 Å². The van der Waals surface area contributed by atoms with Crippen LogP contribution in [0.3, 0.4) is 0 Å². The van der Waals surface area contributed by atoms with Gasteiger partial charge in [-0.1, -0.05) is 13.3 Å². The lowest BCUT2D eigenvalue weighted by Gasteiger charge is -2.14. The second-order valence-corrected chi connectivity index (χ2v) is 3.97. The van der Waals surface area contributed by atoms with Crippen molar-refractivity contribution in [2.75, 3.05) is 26.3 Å². The monoisotopic (exact) mass is 282 g/mol. The summed E-state index contributed by atoms with van der Waals surface area (Å²) >= 11 is 0. The van der Waals surface area contributed by atoms with Gasteiger partial charge in [0.05, 0.1) is 6.61 Å². The number of carboxylic acids is 1. The summed E-state index contributed by atoms with van der Waals surface area (Å²) in [7, 11) is 0. The normalized spacial score (nSPS) is 12.2. The van der Waals surface area contributed by atoms with E-state index in [1.54, 1.807) is 0 Å². The van der Waals surface area contributed by atoms with Gasteiger partial charge >= 0.3 is 12.0 Å². The third-order valence-electron chi connectivity index (χ3n) is 2.37. The molecule has 0 rings (SSSR count). The van der Waals surface area contributed by atoms with Crippen molar-refractivity contribution in [3.63, 3.8) is 0 Å². The Hall–Kier alpha value is -1.44. The Kier molecular flexibility index (Phi) is 9.69. The lowest BCUT2D eigenvalue weighted by Crippen LogP contribution is -2.40. The number of carbonyl (C=O) groups excluding carboxylic acids is 1. The van der Waals surface area contributed by atoms with Crippen LogP contribution < -0.4 is 10.6 Å². The van der Waals surface area contributed by atoms with Gasteiger partial charge in [0.2, 0.25) is 0 Å². The molecule has 6 nitrogen and oxygen atoms in total. The standard InChI is InChI=1S/C11H20F2N2O4/c1-2-8(5-10(16)17)6-15-11(18)14-3-4-19-7-9(12)13/h8-9H,2-7H2,1H3,(H,16,17)(H2,14,15,18). The van der Waals surface area contributed by atoms with E-state index in [2.05, 4.69) is 15.4 Å². The molecule has 112 valence electrons. The Bertz CT molecular complexity index is 277. The van der Waals surface area contributed by atoms with E-state index >= 15 is 0 Å². The van der Waals surface area contributed by atoms with Gasteiger partial charge in [-0.2, -0.15) is 0 Å². The first kappa shape index (κ1) is 17.6. The minimum atomic E-state index is -2.52. The summed E-state index contributed by atoms with van der Waals surface area (Å²) < 4.78 is 28.0. The minimum absolute atomic E-state index is 0.00406. The van der Waals surface area contributed by atoms with E-state index in [9.17, 15) is 18.4 Å². The molecule has 0 aromatic heterocycles. The first-order valence-electron chi connectivity index (χ1n) is 6.05. The van der Waals surface area contributed by atoms with Crippen LogP contribution in [0.25, 0.3) is 0 Å². The summed E-state index contributed by atoms with van der Waals surface area (Å²) in [6.45, 7) is 1.57. The Morgan fingerprint density at radius 3 is 2.53 bits per heavy atom. The van der Waals surface area contributed by atoms with Crippen LogP contribution in [0.4, 0.5) is 13.6 Å². The van der Waals surface area contributed by atoms with Crippen molar-refractivity contribution in [3.8, 4) is 0 Å². The highest BCUT2D eigenvalue weighted by Crippen LogP contribution is 2.06. The molecule has 0 saturated heterocycles. The van der Waals surface area contributed by atoms with Crippen molar-refractivity contribution < 1.29 is 28.2 Å². The molecule has 0 spiro atoms. The maximum Gasteiger partial charge on any atom is 0.314 e. The van der Waals surface area contributed by atoms with Gasteiger partial charge in [0, 0.05) is 19.5 Å². The second kappa shape index (κ2) is 10.5. The molecule has 0 aromatic rings. The summed E-state index contributed by atoms with van der Waals surface area (Å²) in [5, 5.41) is 13.6. The van der Waals surface area contributed by atoms with Crippen LogP contribution in [0.2, 0.25) is 0 Å². The molecule has 0 fully saturated rings. The highest BCUT2D eigenvalue weighted by atomic mass is 19.3. The van der Waals surface area contributed by atoms with Crippen LogP contribution in [0, 0.1) is 5.92 Å². The zero-order valence-electron chi connectivity index (χ0n) is 10.8. The van der Waals surface area contributed by atoms with Crippen molar-refractivity contribution in [1.82, 2.24) is 10.6 Å². The summed E-state index contributed by atoms with van der Waals surface area (Å²) in [5.41, 5.74) is 0. The molecular formula is C11H20F2N2O4. The van der Waals surface area contributed by atoms with Crippen LogP contribution >= 0.6 is 0 Å². The van der Waals surface area contributed by atoms with Gasteiger partial charge in [-0.15, -0.1) is 0 Å². The number of halogens is 2. The predicted octanol–water partition coefficient (Wildman–Crippen LogP) is 1.07. The first-order valence-corrected chi connectivity index (χ1v) is 6.05. The van der Waals surface area contributed by atoms with E-state index in [1.165, 1.54) is 0 Å². The molecule has 0 radical (unpaired) electrons. The Morgan fingerprint density at radius 1 is 1.32 bits per heavy atom. The number of urea groups is 1. The Morgan fingerprint density at radius 2 is 2.00 bits per heavy atom. The molecule has 2 amide bonds. The van der Waals surface area contributed by atoms with Crippen molar-refractivity contribution in [1.29, 1.82) is 0 Å². The Balaban J connectivity index is 3.60. The summed E-state index contributed by atoms with van der Waals surface area (Å²) in [6, 6.07) is -0.468. The number of carboxylic acid groups (broad SMARTS) is 1. The molecule has 19 heavy (non-hydrogen) atoms. The fourth-order valence-corrected chi connectivity index (χ4v) is 1.32. The molecule has 0 heterocycles. The van der Waals surface area contributed by atoms with Crippen LogP contribution in [-0.4, -0.2) is 49.8 Å². The number of hydrogen-bond donors (Lipinski definition) is 3. The lowest BCUT2D eigenvalue weighted by molar-refractivity contribution is -0.138. The number of carbonyl (C=O) groups is 2. The smallest absolute Gasteiger partial charge is 0.314 e. The third-order valence-corrected chi connectivity index (χ3v) is 2.37. The van der Waals surface area contributed by atoms with Gasteiger partial charge in [-0.3, -0.25) is 4.79 Å². The fraction of sp³-hybridized carbons (Fsp3) is 0.818. The number of nitrogens with one attached hydrogen (secondary N) is 2. The number of hydrogen-bond acceptors (Lipinski definition) is 3. The minimum Gasteiger partial charge on any atom is -0.481 e. The summed E-state index contributed by atoms with van der Waals surface area (Å²) in [5.74, 6) is -1.03. The molecule has 8 heteroatoms. The number of amides is 2. The molecule has 0 bridgehead atoms. The van der Waals surface area contributed by atoms with Crippen molar-refractivity contribution >= 4 is 12.0 Å². The number of rotatable bonds is 10. The van der Waals surface area contributed by atoms with Crippen molar-refractivity contribution in [2.45, 2.75) is 26.2 Å². The van der Waals surface area contributed by atoms with E-state index in [0.29, 0.717) is 6.42 Å². The van der Waals surface area contributed by atoms with Gasteiger partial charge in [-0.05, 0) is 5.92 Å². The zero-order chi connectivity index (χ0) is 14.7. The van der Waals surface area contributed by atoms with E-state index < -0.39 is 25.0 Å². The fourth-order valence-electron chi connectivity index (χ4n) is 1.32. The summed E-state index contributed by atoms with van der Waals surface area (Å²) in [6.07, 6.45) is -1.88. The largest absolute Gasteiger partial charge is 0.481 e. The second-order valence-electron chi connectivity index (χ2n) is 3.97. The number of aliphatic carboxylic acids is 1. The molecule has 0 aliphatic rings. The summed E-state index contributed by atoms with van der Waals surface area (Å²) in [4.78, 5) is 21.8. The maximum atomic E-state index is 11.7. The number of ether oxygens (including phenoxy) is 1. The van der Waals surface area contributed by atoms with Gasteiger partial charge in [0.25, 0.3) is 6.43 Å². The van der Waals surface area contributed by atoms with Crippen LogP contribution in [0.1, 0.15) is 19.8 Å². The van der Waals surface area contributed by atoms with Crippen molar-refractivity contribution in [3.05, 3.63) is 0 Å². The highest BCUT2D eigenvalue weighted by molar-refractivity contribution is 5.74. The lowest BCUT2D eigenvalue weighted by atomic mass is 10.0. The zero-order valence-corrected chi connectivity index (χ0v) is 10.8. The first-order chi connectivity index (χ1) is 8.95.